The number of carbonyl (C=O) groups excluding carboxylic acids is 1. The average Bonchev–Trinajstić information content (AvgIpc) is 3.07. The van der Waals surface area contributed by atoms with E-state index in [4.69, 9.17) is 9.47 Å². The fourth-order valence-corrected chi connectivity index (χ4v) is 2.91. The van der Waals surface area contributed by atoms with E-state index in [1.54, 1.807) is 0 Å². The van der Waals surface area contributed by atoms with Gasteiger partial charge >= 0.3 is 0 Å². The van der Waals surface area contributed by atoms with Crippen LogP contribution in [-0.2, 0) is 4.74 Å². The zero-order valence-corrected chi connectivity index (χ0v) is 13.2. The molecule has 0 aromatic heterocycles. The Labute approximate surface area is 131 Å². The van der Waals surface area contributed by atoms with Gasteiger partial charge in [0.15, 0.2) is 0 Å². The Balaban J connectivity index is 1.65. The van der Waals surface area contributed by atoms with E-state index in [1.807, 2.05) is 29.2 Å². The van der Waals surface area contributed by atoms with Crippen LogP contribution in [0.1, 0.15) is 23.2 Å². The highest BCUT2D eigenvalue weighted by molar-refractivity contribution is 5.97. The first-order valence-corrected chi connectivity index (χ1v) is 8.05. The average molecular weight is 304 g/mol. The van der Waals surface area contributed by atoms with Crippen molar-refractivity contribution < 1.29 is 14.3 Å². The van der Waals surface area contributed by atoms with Gasteiger partial charge < -0.3 is 19.3 Å². The van der Waals surface area contributed by atoms with Crippen LogP contribution in [0.3, 0.4) is 0 Å². The van der Waals surface area contributed by atoms with Crippen LogP contribution in [0.25, 0.3) is 0 Å². The number of rotatable bonds is 4. The molecule has 5 heteroatoms. The predicted octanol–water partition coefficient (Wildman–Crippen LogP) is 1.63. The molecule has 0 saturated carbocycles. The normalized spacial score (nSPS) is 22.8. The summed E-state index contributed by atoms with van der Waals surface area (Å²) < 4.78 is 11.4. The molecule has 1 atom stereocenters. The maximum Gasteiger partial charge on any atom is 0.257 e. The quantitative estimate of drug-likeness (QED) is 0.848. The zero-order chi connectivity index (χ0) is 15.4. The van der Waals surface area contributed by atoms with Gasteiger partial charge in [-0.3, -0.25) is 4.79 Å². The Morgan fingerprint density at radius 1 is 1.27 bits per heavy atom. The lowest BCUT2D eigenvalue weighted by molar-refractivity contribution is 0.0615. The van der Waals surface area contributed by atoms with Gasteiger partial charge in [0.1, 0.15) is 12.4 Å². The van der Waals surface area contributed by atoms with E-state index < -0.39 is 0 Å². The van der Waals surface area contributed by atoms with E-state index in [0.29, 0.717) is 17.9 Å². The van der Waals surface area contributed by atoms with Crippen LogP contribution >= 0.6 is 0 Å². The molecule has 1 aromatic carbocycles. The summed E-state index contributed by atoms with van der Waals surface area (Å²) in [6, 6.07) is 7.53. The van der Waals surface area contributed by atoms with Gasteiger partial charge in [0, 0.05) is 32.8 Å². The standard InChI is InChI=1S/C17H24N2O3/c1-18-8-10-19(11-9-18)17(20)15-6-2-3-7-16(15)22-13-14-5-4-12-21-14/h2-3,6-7,14H,4-5,8-13H2,1H3. The van der Waals surface area contributed by atoms with E-state index in [2.05, 4.69) is 11.9 Å². The van der Waals surface area contributed by atoms with E-state index in [9.17, 15) is 4.79 Å². The van der Waals surface area contributed by atoms with Crippen LogP contribution in [-0.4, -0.2) is 68.3 Å². The van der Waals surface area contributed by atoms with Gasteiger partial charge in [-0.05, 0) is 32.0 Å². The molecular formula is C17H24N2O3. The van der Waals surface area contributed by atoms with E-state index in [1.165, 1.54) is 0 Å². The highest BCUT2D eigenvalue weighted by Crippen LogP contribution is 2.22. The number of para-hydroxylation sites is 1. The molecule has 0 bridgehead atoms. The summed E-state index contributed by atoms with van der Waals surface area (Å²) in [4.78, 5) is 16.9. The predicted molar refractivity (Wildman–Crippen MR) is 84.3 cm³/mol. The van der Waals surface area contributed by atoms with Crippen LogP contribution in [0, 0.1) is 0 Å². The Morgan fingerprint density at radius 2 is 2.05 bits per heavy atom. The van der Waals surface area contributed by atoms with Gasteiger partial charge in [-0.15, -0.1) is 0 Å². The van der Waals surface area contributed by atoms with Crippen LogP contribution in [0.15, 0.2) is 24.3 Å². The van der Waals surface area contributed by atoms with Gasteiger partial charge in [-0.2, -0.15) is 0 Å². The number of hydrogen-bond donors (Lipinski definition) is 0. The van der Waals surface area contributed by atoms with Crippen LogP contribution in [0.4, 0.5) is 0 Å². The van der Waals surface area contributed by atoms with Crippen LogP contribution in [0.2, 0.25) is 0 Å². The molecule has 2 aliphatic heterocycles. The summed E-state index contributed by atoms with van der Waals surface area (Å²) >= 11 is 0. The number of carbonyl (C=O) groups is 1. The first-order chi connectivity index (χ1) is 10.7. The second-order valence-electron chi connectivity index (χ2n) is 6.04. The minimum atomic E-state index is 0.0658. The summed E-state index contributed by atoms with van der Waals surface area (Å²) in [5.41, 5.74) is 0.657. The maximum absolute atomic E-state index is 12.7. The number of benzene rings is 1. The molecule has 0 aliphatic carbocycles. The molecule has 2 aliphatic rings. The SMILES string of the molecule is CN1CCN(C(=O)c2ccccc2OCC2CCCO2)CC1. The monoisotopic (exact) mass is 304 g/mol. The van der Waals surface area contributed by atoms with Gasteiger partial charge in [0.25, 0.3) is 5.91 Å². The van der Waals surface area contributed by atoms with E-state index in [-0.39, 0.29) is 12.0 Å². The minimum Gasteiger partial charge on any atom is -0.490 e. The fraction of sp³-hybridized carbons (Fsp3) is 0.588. The molecule has 1 aromatic rings. The zero-order valence-electron chi connectivity index (χ0n) is 13.2. The van der Waals surface area contributed by atoms with E-state index >= 15 is 0 Å². The van der Waals surface area contributed by atoms with Gasteiger partial charge in [-0.1, -0.05) is 12.1 Å². The molecule has 2 heterocycles. The Morgan fingerprint density at radius 3 is 2.77 bits per heavy atom. The molecule has 0 N–H and O–H groups in total. The smallest absolute Gasteiger partial charge is 0.257 e. The van der Waals surface area contributed by atoms with E-state index in [0.717, 1.165) is 45.6 Å². The molecule has 0 spiro atoms. The number of nitrogens with zero attached hydrogens (tertiary/aromatic N) is 2. The molecule has 2 saturated heterocycles. The van der Waals surface area contributed by atoms with Crippen molar-refractivity contribution in [1.82, 2.24) is 9.80 Å². The molecular weight excluding hydrogens is 280 g/mol. The minimum absolute atomic E-state index is 0.0658. The van der Waals surface area contributed by atoms with Crippen molar-refractivity contribution in [3.8, 4) is 5.75 Å². The van der Waals surface area contributed by atoms with Crippen LogP contribution < -0.4 is 4.74 Å². The highest BCUT2D eigenvalue weighted by atomic mass is 16.5. The van der Waals surface area contributed by atoms with Gasteiger partial charge in [0.2, 0.25) is 0 Å². The van der Waals surface area contributed by atoms with Crippen molar-refractivity contribution in [2.45, 2.75) is 18.9 Å². The second kappa shape index (κ2) is 7.11. The third-order valence-corrected chi connectivity index (χ3v) is 4.36. The third-order valence-electron chi connectivity index (χ3n) is 4.36. The maximum atomic E-state index is 12.7. The number of likely N-dealkylation sites (N-methyl/N-ethyl adjacent to an activating group) is 1. The lowest BCUT2D eigenvalue weighted by Crippen LogP contribution is -2.47. The first-order valence-electron chi connectivity index (χ1n) is 8.05. The third kappa shape index (κ3) is 3.59. The number of hydrogen-bond acceptors (Lipinski definition) is 4. The summed E-state index contributed by atoms with van der Waals surface area (Å²) in [7, 11) is 2.08. The topological polar surface area (TPSA) is 42.0 Å². The Kier molecular flexibility index (Phi) is 4.95. The summed E-state index contributed by atoms with van der Waals surface area (Å²) in [5, 5.41) is 0. The summed E-state index contributed by atoms with van der Waals surface area (Å²) in [5.74, 6) is 0.734. The van der Waals surface area contributed by atoms with Crippen molar-refractivity contribution >= 4 is 5.91 Å². The second-order valence-corrected chi connectivity index (χ2v) is 6.04. The molecule has 1 unspecified atom stereocenters. The number of amides is 1. The van der Waals surface area contributed by atoms with Crippen molar-refractivity contribution in [1.29, 1.82) is 0 Å². The summed E-state index contributed by atoms with van der Waals surface area (Å²) in [6.07, 6.45) is 2.29. The largest absolute Gasteiger partial charge is 0.490 e. The van der Waals surface area contributed by atoms with Crippen molar-refractivity contribution in [2.24, 2.45) is 0 Å². The Bertz CT molecular complexity index is 506. The molecule has 0 radical (unpaired) electrons. The van der Waals surface area contributed by atoms with Crippen molar-refractivity contribution in [3.05, 3.63) is 29.8 Å². The lowest BCUT2D eigenvalue weighted by atomic mass is 10.1. The summed E-state index contributed by atoms with van der Waals surface area (Å²) in [6.45, 7) is 4.73. The van der Waals surface area contributed by atoms with Gasteiger partial charge in [0.05, 0.1) is 11.7 Å². The van der Waals surface area contributed by atoms with Crippen molar-refractivity contribution in [2.75, 3.05) is 46.4 Å². The Hall–Kier alpha value is -1.59. The molecule has 1 amide bonds. The lowest BCUT2D eigenvalue weighted by Gasteiger charge is -2.32. The number of piperazine rings is 1. The molecule has 2 fully saturated rings. The van der Waals surface area contributed by atoms with Crippen molar-refractivity contribution in [3.63, 3.8) is 0 Å². The molecule has 5 nitrogen and oxygen atoms in total. The fourth-order valence-electron chi connectivity index (χ4n) is 2.91. The molecule has 22 heavy (non-hydrogen) atoms. The first kappa shape index (κ1) is 15.3. The highest BCUT2D eigenvalue weighted by Gasteiger charge is 2.23. The molecule has 3 rings (SSSR count). The van der Waals surface area contributed by atoms with Gasteiger partial charge in [-0.25, -0.2) is 0 Å². The molecule has 120 valence electrons. The van der Waals surface area contributed by atoms with Crippen LogP contribution in [0.5, 0.6) is 5.75 Å². The number of ether oxygens (including phenoxy) is 2.